The molecule has 0 spiro atoms. The summed E-state index contributed by atoms with van der Waals surface area (Å²) in [6.07, 6.45) is 1.48. The molecular formula is C18H17FN4O3. The Morgan fingerprint density at radius 2 is 2.08 bits per heavy atom. The number of carbonyl (C=O) groups excluding carboxylic acids is 1. The van der Waals surface area contributed by atoms with Gasteiger partial charge >= 0.3 is 5.69 Å². The molecule has 0 radical (unpaired) electrons. The molecule has 0 saturated carbocycles. The number of fused-ring (bicyclic) bond motifs is 1. The molecule has 0 bridgehead atoms. The van der Waals surface area contributed by atoms with Crippen LogP contribution in [0.3, 0.4) is 0 Å². The van der Waals surface area contributed by atoms with Gasteiger partial charge in [0.1, 0.15) is 24.0 Å². The fraction of sp³-hybridized carbons (Fsp3) is 0.333. The van der Waals surface area contributed by atoms with Crippen molar-refractivity contribution < 1.29 is 9.18 Å². The first-order valence-corrected chi connectivity index (χ1v) is 8.29. The van der Waals surface area contributed by atoms with E-state index in [-0.39, 0.29) is 17.9 Å². The van der Waals surface area contributed by atoms with E-state index in [4.69, 9.17) is 0 Å². The van der Waals surface area contributed by atoms with Crippen molar-refractivity contribution in [3.63, 3.8) is 0 Å². The topological polar surface area (TPSA) is 96.9 Å². The predicted octanol–water partition coefficient (Wildman–Crippen LogP) is 0.326. The van der Waals surface area contributed by atoms with Gasteiger partial charge in [0.25, 0.3) is 5.56 Å². The maximum atomic E-state index is 13.5. The molecule has 0 atom stereocenters. The second-order valence-electron chi connectivity index (χ2n) is 6.05. The van der Waals surface area contributed by atoms with Gasteiger partial charge in [-0.2, -0.15) is 5.26 Å². The molecule has 0 saturated heterocycles. The molecule has 134 valence electrons. The molecule has 2 aromatic rings. The van der Waals surface area contributed by atoms with Crippen LogP contribution in [0.15, 0.2) is 33.9 Å². The number of nitrogens with zero attached hydrogens (tertiary/aromatic N) is 3. The van der Waals surface area contributed by atoms with Gasteiger partial charge in [0.2, 0.25) is 5.91 Å². The number of nitriles is 1. The van der Waals surface area contributed by atoms with Crippen molar-refractivity contribution in [2.24, 2.45) is 0 Å². The van der Waals surface area contributed by atoms with Crippen molar-refractivity contribution in [1.29, 1.82) is 5.26 Å². The van der Waals surface area contributed by atoms with E-state index in [1.807, 2.05) is 6.07 Å². The van der Waals surface area contributed by atoms with Crippen molar-refractivity contribution in [2.45, 2.75) is 32.4 Å². The fourth-order valence-electron chi connectivity index (χ4n) is 3.13. The first kappa shape index (κ1) is 17.6. The Balaban J connectivity index is 1.72. The molecule has 8 heteroatoms. The van der Waals surface area contributed by atoms with Gasteiger partial charge in [0.05, 0.1) is 0 Å². The van der Waals surface area contributed by atoms with Crippen molar-refractivity contribution in [3.05, 3.63) is 67.7 Å². The van der Waals surface area contributed by atoms with E-state index >= 15 is 0 Å². The van der Waals surface area contributed by atoms with Gasteiger partial charge in [-0.15, -0.1) is 0 Å². The number of hydrogen-bond acceptors (Lipinski definition) is 4. The summed E-state index contributed by atoms with van der Waals surface area (Å²) < 4.78 is 15.7. The van der Waals surface area contributed by atoms with Crippen LogP contribution in [0.2, 0.25) is 0 Å². The highest BCUT2D eigenvalue weighted by Gasteiger charge is 2.23. The monoisotopic (exact) mass is 356 g/mol. The van der Waals surface area contributed by atoms with E-state index in [2.05, 4.69) is 5.32 Å². The fourth-order valence-corrected chi connectivity index (χ4v) is 3.13. The van der Waals surface area contributed by atoms with Gasteiger partial charge in [-0.05, 0) is 30.9 Å². The van der Waals surface area contributed by atoms with Crippen LogP contribution in [0.5, 0.6) is 0 Å². The third-order valence-electron chi connectivity index (χ3n) is 4.42. The summed E-state index contributed by atoms with van der Waals surface area (Å²) in [5, 5.41) is 11.8. The molecule has 7 nitrogen and oxygen atoms in total. The molecule has 2 heterocycles. The maximum absolute atomic E-state index is 13.5. The summed E-state index contributed by atoms with van der Waals surface area (Å²) in [5.41, 5.74) is -0.491. The predicted molar refractivity (Wildman–Crippen MR) is 91.1 cm³/mol. The summed E-state index contributed by atoms with van der Waals surface area (Å²) in [7, 11) is 0. The number of carbonyl (C=O) groups is 1. The van der Waals surface area contributed by atoms with Crippen molar-refractivity contribution >= 4 is 5.91 Å². The third kappa shape index (κ3) is 3.28. The Morgan fingerprint density at radius 3 is 2.81 bits per heavy atom. The van der Waals surface area contributed by atoms with Gasteiger partial charge in [-0.1, -0.05) is 18.2 Å². The molecule has 1 aliphatic rings. The summed E-state index contributed by atoms with van der Waals surface area (Å²) in [6, 6.07) is 8.09. The van der Waals surface area contributed by atoms with E-state index in [9.17, 15) is 24.0 Å². The highest BCUT2D eigenvalue weighted by atomic mass is 19.1. The number of rotatable bonds is 5. The molecule has 0 fully saturated rings. The lowest BCUT2D eigenvalue weighted by molar-refractivity contribution is -0.121. The first-order valence-electron chi connectivity index (χ1n) is 8.29. The lowest BCUT2D eigenvalue weighted by atomic mass is 10.1. The van der Waals surface area contributed by atoms with Crippen LogP contribution >= 0.6 is 0 Å². The minimum atomic E-state index is -0.741. The van der Waals surface area contributed by atoms with Crippen LogP contribution in [0.4, 0.5) is 4.39 Å². The normalized spacial score (nSPS) is 12.5. The van der Waals surface area contributed by atoms with Gasteiger partial charge < -0.3 is 5.32 Å². The summed E-state index contributed by atoms with van der Waals surface area (Å²) in [5.74, 6) is -0.892. The zero-order chi connectivity index (χ0) is 18.7. The highest BCUT2D eigenvalue weighted by molar-refractivity contribution is 5.75. The summed E-state index contributed by atoms with van der Waals surface area (Å²) in [4.78, 5) is 36.9. The number of aromatic nitrogens is 2. The number of amides is 1. The Hall–Kier alpha value is -3.21. The quantitative estimate of drug-likeness (QED) is 0.835. The van der Waals surface area contributed by atoms with Crippen LogP contribution in [0, 0.1) is 17.1 Å². The maximum Gasteiger partial charge on any atom is 0.331 e. The van der Waals surface area contributed by atoms with Crippen molar-refractivity contribution in [1.82, 2.24) is 14.5 Å². The molecule has 1 amide bonds. The van der Waals surface area contributed by atoms with E-state index < -0.39 is 23.7 Å². The van der Waals surface area contributed by atoms with Gasteiger partial charge in [0.15, 0.2) is 0 Å². The van der Waals surface area contributed by atoms with Crippen molar-refractivity contribution in [3.8, 4) is 6.07 Å². The summed E-state index contributed by atoms with van der Waals surface area (Å²) >= 11 is 0. The molecule has 1 N–H and O–H groups in total. The largest absolute Gasteiger partial charge is 0.354 e. The van der Waals surface area contributed by atoms with Crippen LogP contribution < -0.4 is 16.6 Å². The molecule has 26 heavy (non-hydrogen) atoms. The van der Waals surface area contributed by atoms with Crippen LogP contribution in [-0.4, -0.2) is 21.6 Å². The van der Waals surface area contributed by atoms with Crippen molar-refractivity contribution in [2.75, 3.05) is 6.54 Å². The minimum Gasteiger partial charge on any atom is -0.354 e. The molecule has 1 aliphatic heterocycles. The smallest absolute Gasteiger partial charge is 0.331 e. The molecular weight excluding hydrogens is 339 g/mol. The van der Waals surface area contributed by atoms with Crippen LogP contribution in [-0.2, 0) is 30.7 Å². The van der Waals surface area contributed by atoms with Crippen LogP contribution in [0.1, 0.15) is 23.2 Å². The zero-order valence-electron chi connectivity index (χ0n) is 14.0. The third-order valence-corrected chi connectivity index (χ3v) is 4.42. The Kier molecular flexibility index (Phi) is 4.98. The van der Waals surface area contributed by atoms with E-state index in [1.54, 1.807) is 18.2 Å². The molecule has 0 aliphatic carbocycles. The molecule has 1 aromatic heterocycles. The molecule has 1 aromatic carbocycles. The summed E-state index contributed by atoms with van der Waals surface area (Å²) in [6.45, 7) is 0.133. The average Bonchev–Trinajstić information content (AvgIpc) is 3.10. The Labute approximate surface area is 148 Å². The standard InChI is InChI=1S/C18H17FN4O3/c19-14-5-2-1-4-12(14)7-8-21-16(24)11-23-17(25)13(10-20)15-6-3-9-22(15)18(23)26/h1-2,4-5H,3,6-9,11H2,(H,21,24). The zero-order valence-corrected chi connectivity index (χ0v) is 14.0. The Bertz CT molecular complexity index is 1020. The SMILES string of the molecule is N#Cc1c2n(c(=O)n(CC(=O)NCCc3ccccc3F)c1=O)CCC2. The number of hydrogen-bond donors (Lipinski definition) is 1. The minimum absolute atomic E-state index is 0.0822. The Morgan fingerprint density at radius 1 is 1.31 bits per heavy atom. The lowest BCUT2D eigenvalue weighted by Crippen LogP contribution is -2.45. The average molecular weight is 356 g/mol. The van der Waals surface area contributed by atoms with Gasteiger partial charge in [-0.25, -0.2) is 13.8 Å². The number of benzene rings is 1. The number of halogens is 1. The van der Waals surface area contributed by atoms with Crippen LogP contribution in [0.25, 0.3) is 0 Å². The number of nitrogens with one attached hydrogen (secondary N) is 1. The van der Waals surface area contributed by atoms with E-state index in [1.165, 1.54) is 10.6 Å². The molecule has 0 unspecified atom stereocenters. The van der Waals surface area contributed by atoms with Gasteiger partial charge in [-0.3, -0.25) is 14.2 Å². The molecule has 3 rings (SSSR count). The van der Waals surface area contributed by atoms with E-state index in [0.29, 0.717) is 37.1 Å². The first-order chi connectivity index (χ1) is 12.5. The second-order valence-corrected chi connectivity index (χ2v) is 6.05. The lowest BCUT2D eigenvalue weighted by Gasteiger charge is -2.11. The highest BCUT2D eigenvalue weighted by Crippen LogP contribution is 2.13. The van der Waals surface area contributed by atoms with Gasteiger partial charge in [0, 0.05) is 18.8 Å². The van der Waals surface area contributed by atoms with E-state index in [0.717, 1.165) is 4.57 Å². The second kappa shape index (κ2) is 7.35.